The zero-order valence-corrected chi connectivity index (χ0v) is 11.0. The number of amides is 1. The maximum Gasteiger partial charge on any atom is 0.241 e. The standard InChI is InChI=1S/C13H21N3O2/c1-3-5-7-10(14)12(17)16-11-8-6-9-15-13(11)18-4-2/h6,8-10H,3-5,7,14H2,1-2H3,(H,16,17)/t10-/m0/s1. The van der Waals surface area contributed by atoms with Crippen molar-refractivity contribution in [2.45, 2.75) is 39.2 Å². The number of unbranched alkanes of at least 4 members (excludes halogenated alkanes) is 1. The van der Waals surface area contributed by atoms with Crippen LogP contribution in [0.15, 0.2) is 18.3 Å². The van der Waals surface area contributed by atoms with Crippen LogP contribution in [0.3, 0.4) is 0 Å². The van der Waals surface area contributed by atoms with Gasteiger partial charge < -0.3 is 15.8 Å². The molecule has 1 atom stereocenters. The van der Waals surface area contributed by atoms with Crippen LogP contribution in [-0.4, -0.2) is 23.5 Å². The number of carbonyl (C=O) groups excluding carboxylic acids is 1. The number of hydrogen-bond acceptors (Lipinski definition) is 4. The summed E-state index contributed by atoms with van der Waals surface area (Å²) in [7, 11) is 0. The minimum atomic E-state index is -0.486. The van der Waals surface area contributed by atoms with Gasteiger partial charge in [0.2, 0.25) is 11.8 Å². The molecule has 3 N–H and O–H groups in total. The van der Waals surface area contributed by atoms with Crippen LogP contribution in [0.5, 0.6) is 5.88 Å². The van der Waals surface area contributed by atoms with E-state index in [9.17, 15) is 4.79 Å². The van der Waals surface area contributed by atoms with Crippen molar-refractivity contribution in [2.75, 3.05) is 11.9 Å². The summed E-state index contributed by atoms with van der Waals surface area (Å²) in [5.74, 6) is 0.230. The van der Waals surface area contributed by atoms with E-state index in [1.807, 2.05) is 6.92 Å². The van der Waals surface area contributed by atoms with Crippen molar-refractivity contribution in [3.63, 3.8) is 0 Å². The molecule has 18 heavy (non-hydrogen) atoms. The third-order valence-electron chi connectivity index (χ3n) is 2.52. The largest absolute Gasteiger partial charge is 0.476 e. The summed E-state index contributed by atoms with van der Waals surface area (Å²) in [6.45, 7) is 4.44. The molecule has 0 fully saturated rings. The van der Waals surface area contributed by atoms with Gasteiger partial charge in [-0.15, -0.1) is 0 Å². The van der Waals surface area contributed by atoms with E-state index in [0.29, 0.717) is 24.6 Å². The molecular weight excluding hydrogens is 230 g/mol. The van der Waals surface area contributed by atoms with Gasteiger partial charge in [0.1, 0.15) is 5.69 Å². The smallest absolute Gasteiger partial charge is 0.241 e. The molecule has 0 spiro atoms. The van der Waals surface area contributed by atoms with Crippen LogP contribution < -0.4 is 15.8 Å². The summed E-state index contributed by atoms with van der Waals surface area (Å²) in [6.07, 6.45) is 4.28. The van der Waals surface area contributed by atoms with Crippen LogP contribution in [0.1, 0.15) is 33.1 Å². The first kappa shape index (κ1) is 14.4. The van der Waals surface area contributed by atoms with Crippen LogP contribution >= 0.6 is 0 Å². The monoisotopic (exact) mass is 251 g/mol. The summed E-state index contributed by atoms with van der Waals surface area (Å²) in [5, 5.41) is 2.75. The number of carbonyl (C=O) groups is 1. The highest BCUT2D eigenvalue weighted by molar-refractivity contribution is 5.95. The van der Waals surface area contributed by atoms with E-state index >= 15 is 0 Å². The zero-order chi connectivity index (χ0) is 13.4. The molecule has 5 heteroatoms. The van der Waals surface area contributed by atoms with E-state index in [1.165, 1.54) is 0 Å². The molecule has 5 nitrogen and oxygen atoms in total. The van der Waals surface area contributed by atoms with Crippen LogP contribution in [-0.2, 0) is 4.79 Å². The van der Waals surface area contributed by atoms with Crippen molar-refractivity contribution in [1.29, 1.82) is 0 Å². The zero-order valence-electron chi connectivity index (χ0n) is 11.0. The Morgan fingerprint density at radius 1 is 1.56 bits per heavy atom. The lowest BCUT2D eigenvalue weighted by atomic mass is 10.1. The van der Waals surface area contributed by atoms with E-state index < -0.39 is 6.04 Å². The quantitative estimate of drug-likeness (QED) is 0.776. The van der Waals surface area contributed by atoms with Gasteiger partial charge in [0.25, 0.3) is 0 Å². The van der Waals surface area contributed by atoms with Gasteiger partial charge in [-0.2, -0.15) is 0 Å². The number of nitrogens with two attached hydrogens (primary N) is 1. The minimum absolute atomic E-state index is 0.197. The minimum Gasteiger partial charge on any atom is -0.476 e. The predicted molar refractivity (Wildman–Crippen MR) is 71.5 cm³/mol. The Kier molecular flexibility index (Phi) is 6.14. The van der Waals surface area contributed by atoms with Gasteiger partial charge in [0, 0.05) is 6.20 Å². The first-order valence-electron chi connectivity index (χ1n) is 6.33. The van der Waals surface area contributed by atoms with Crippen LogP contribution in [0.25, 0.3) is 0 Å². The molecule has 1 amide bonds. The van der Waals surface area contributed by atoms with E-state index in [2.05, 4.69) is 17.2 Å². The van der Waals surface area contributed by atoms with E-state index in [0.717, 1.165) is 12.8 Å². The Labute approximate surface area is 108 Å². The number of nitrogens with zero attached hydrogens (tertiary/aromatic N) is 1. The maximum absolute atomic E-state index is 11.9. The molecule has 1 aromatic rings. The molecule has 0 aliphatic heterocycles. The third-order valence-corrected chi connectivity index (χ3v) is 2.52. The van der Waals surface area contributed by atoms with Crippen LogP contribution in [0, 0.1) is 0 Å². The topological polar surface area (TPSA) is 77.2 Å². The van der Waals surface area contributed by atoms with E-state index in [1.54, 1.807) is 18.3 Å². The molecule has 0 aliphatic carbocycles. The first-order valence-corrected chi connectivity index (χ1v) is 6.33. The third kappa shape index (κ3) is 4.33. The molecule has 0 aromatic carbocycles. The molecule has 0 bridgehead atoms. The lowest BCUT2D eigenvalue weighted by molar-refractivity contribution is -0.117. The van der Waals surface area contributed by atoms with Gasteiger partial charge in [-0.25, -0.2) is 4.98 Å². The molecule has 100 valence electrons. The summed E-state index contributed by atoms with van der Waals surface area (Å²) in [5.41, 5.74) is 6.37. The summed E-state index contributed by atoms with van der Waals surface area (Å²) in [6, 6.07) is 3.01. The number of pyridine rings is 1. The molecule has 0 saturated carbocycles. The van der Waals surface area contributed by atoms with Crippen molar-refractivity contribution in [3.05, 3.63) is 18.3 Å². The summed E-state index contributed by atoms with van der Waals surface area (Å²) in [4.78, 5) is 15.9. The van der Waals surface area contributed by atoms with Gasteiger partial charge in [-0.3, -0.25) is 4.79 Å². The van der Waals surface area contributed by atoms with Crippen LogP contribution in [0.4, 0.5) is 5.69 Å². The average molecular weight is 251 g/mol. The predicted octanol–water partition coefficient (Wildman–Crippen LogP) is 1.94. The highest BCUT2D eigenvalue weighted by Crippen LogP contribution is 2.20. The van der Waals surface area contributed by atoms with Gasteiger partial charge >= 0.3 is 0 Å². The molecule has 1 aromatic heterocycles. The Morgan fingerprint density at radius 2 is 2.33 bits per heavy atom. The van der Waals surface area contributed by atoms with Gasteiger partial charge in [0.15, 0.2) is 0 Å². The molecule has 0 aliphatic rings. The molecule has 1 rings (SSSR count). The van der Waals surface area contributed by atoms with Crippen molar-refractivity contribution in [3.8, 4) is 5.88 Å². The van der Waals surface area contributed by atoms with Crippen molar-refractivity contribution in [2.24, 2.45) is 5.73 Å². The normalized spacial score (nSPS) is 11.9. The van der Waals surface area contributed by atoms with Gasteiger partial charge in [-0.1, -0.05) is 19.8 Å². The summed E-state index contributed by atoms with van der Waals surface area (Å²) < 4.78 is 5.33. The Bertz CT molecular complexity index is 382. The lowest BCUT2D eigenvalue weighted by Gasteiger charge is -2.13. The molecule has 1 heterocycles. The second-order valence-corrected chi connectivity index (χ2v) is 4.03. The number of anilines is 1. The fourth-order valence-electron chi connectivity index (χ4n) is 1.52. The average Bonchev–Trinajstić information content (AvgIpc) is 2.38. The number of rotatable bonds is 7. The molecule has 0 saturated heterocycles. The fraction of sp³-hybridized carbons (Fsp3) is 0.538. The van der Waals surface area contributed by atoms with Crippen LogP contribution in [0.2, 0.25) is 0 Å². The summed E-state index contributed by atoms with van der Waals surface area (Å²) >= 11 is 0. The molecular formula is C13H21N3O2. The number of hydrogen-bond donors (Lipinski definition) is 2. The first-order chi connectivity index (χ1) is 8.69. The molecule has 0 radical (unpaired) electrons. The van der Waals surface area contributed by atoms with Crippen molar-refractivity contribution in [1.82, 2.24) is 4.98 Å². The number of aromatic nitrogens is 1. The van der Waals surface area contributed by atoms with Crippen molar-refractivity contribution >= 4 is 11.6 Å². The Morgan fingerprint density at radius 3 is 3.00 bits per heavy atom. The van der Waals surface area contributed by atoms with Crippen molar-refractivity contribution < 1.29 is 9.53 Å². The highest BCUT2D eigenvalue weighted by Gasteiger charge is 2.15. The highest BCUT2D eigenvalue weighted by atomic mass is 16.5. The number of ether oxygens (including phenoxy) is 1. The second-order valence-electron chi connectivity index (χ2n) is 4.03. The van der Waals surface area contributed by atoms with E-state index in [-0.39, 0.29) is 5.91 Å². The fourth-order valence-corrected chi connectivity index (χ4v) is 1.52. The number of nitrogens with one attached hydrogen (secondary N) is 1. The molecule has 0 unspecified atom stereocenters. The Balaban J connectivity index is 2.63. The van der Waals surface area contributed by atoms with Gasteiger partial charge in [0.05, 0.1) is 12.6 Å². The second kappa shape index (κ2) is 7.66. The van der Waals surface area contributed by atoms with E-state index in [4.69, 9.17) is 10.5 Å². The lowest BCUT2D eigenvalue weighted by Crippen LogP contribution is -2.35. The maximum atomic E-state index is 11.9. The van der Waals surface area contributed by atoms with Gasteiger partial charge in [-0.05, 0) is 25.5 Å². The Hall–Kier alpha value is -1.62. The SMILES string of the molecule is CCCC[C@H](N)C(=O)Nc1cccnc1OCC.